The fourth-order valence-corrected chi connectivity index (χ4v) is 5.71. The van der Waals surface area contributed by atoms with Gasteiger partial charge in [-0.05, 0) is 31.0 Å². The number of likely N-dealkylation sites (tertiary alicyclic amines) is 1. The van der Waals surface area contributed by atoms with Crippen LogP contribution < -0.4 is 14.8 Å². The number of pyridine rings is 1. The first-order valence-corrected chi connectivity index (χ1v) is 11.8. The Morgan fingerprint density at radius 2 is 1.97 bits per heavy atom. The van der Waals surface area contributed by atoms with E-state index in [1.165, 1.54) is 14.6 Å². The molecule has 0 radical (unpaired) electrons. The van der Waals surface area contributed by atoms with E-state index in [0.717, 1.165) is 63.4 Å². The van der Waals surface area contributed by atoms with Gasteiger partial charge in [0, 0.05) is 25.1 Å². The summed E-state index contributed by atoms with van der Waals surface area (Å²) >= 11 is 1.79. The highest BCUT2D eigenvalue weighted by atomic mass is 32.1. The SMILES string of the molecule is O=C(C[NH+]1CCN(c2cccc[nH+]2)CC1)N1CCC[C@@H](c2nc3ccccc3s2)C1. The summed E-state index contributed by atoms with van der Waals surface area (Å²) in [6, 6.07) is 14.5. The Balaban J connectivity index is 1.16. The van der Waals surface area contributed by atoms with Gasteiger partial charge in [0.25, 0.3) is 11.7 Å². The molecule has 2 aliphatic heterocycles. The van der Waals surface area contributed by atoms with Crippen LogP contribution in [0.25, 0.3) is 10.2 Å². The maximum absolute atomic E-state index is 13.0. The molecule has 1 amide bonds. The zero-order valence-corrected chi connectivity index (χ0v) is 18.0. The van der Waals surface area contributed by atoms with Crippen LogP contribution in [0.4, 0.5) is 5.82 Å². The largest absolute Gasteiger partial charge is 0.337 e. The van der Waals surface area contributed by atoms with Gasteiger partial charge in [0.2, 0.25) is 0 Å². The minimum atomic E-state index is 0.301. The van der Waals surface area contributed by atoms with Crippen molar-refractivity contribution in [2.75, 3.05) is 50.7 Å². The van der Waals surface area contributed by atoms with E-state index in [1.54, 1.807) is 11.3 Å². The number of piperazine rings is 1. The molecule has 4 heterocycles. The average Bonchev–Trinajstić information content (AvgIpc) is 3.25. The third-order valence-electron chi connectivity index (χ3n) is 6.34. The van der Waals surface area contributed by atoms with Crippen LogP contribution in [-0.4, -0.2) is 61.6 Å². The molecule has 2 aliphatic rings. The number of amides is 1. The van der Waals surface area contributed by atoms with Crippen LogP contribution in [-0.2, 0) is 4.79 Å². The van der Waals surface area contributed by atoms with E-state index in [9.17, 15) is 4.79 Å². The predicted molar refractivity (Wildman–Crippen MR) is 119 cm³/mol. The van der Waals surface area contributed by atoms with Gasteiger partial charge >= 0.3 is 0 Å². The smallest absolute Gasteiger partial charge is 0.277 e. The fraction of sp³-hybridized carbons (Fsp3) is 0.435. The van der Waals surface area contributed by atoms with Crippen molar-refractivity contribution in [2.45, 2.75) is 18.8 Å². The molecule has 3 aromatic rings. The van der Waals surface area contributed by atoms with Crippen molar-refractivity contribution in [3.05, 3.63) is 53.7 Å². The lowest BCUT2D eigenvalue weighted by molar-refractivity contribution is -0.892. The van der Waals surface area contributed by atoms with Crippen molar-refractivity contribution in [1.29, 1.82) is 0 Å². The van der Waals surface area contributed by atoms with Gasteiger partial charge in [-0.1, -0.05) is 18.2 Å². The second kappa shape index (κ2) is 8.70. The first-order chi connectivity index (χ1) is 14.8. The van der Waals surface area contributed by atoms with Crippen LogP contribution in [0.2, 0.25) is 0 Å². The molecule has 2 aromatic heterocycles. The van der Waals surface area contributed by atoms with Gasteiger partial charge in [0.15, 0.2) is 6.54 Å². The maximum Gasteiger partial charge on any atom is 0.277 e. The van der Waals surface area contributed by atoms with Gasteiger partial charge in [-0.3, -0.25) is 9.69 Å². The number of aromatic nitrogens is 2. The number of carbonyl (C=O) groups excluding carboxylic acids is 1. The Hall–Kier alpha value is -2.51. The van der Waals surface area contributed by atoms with Crippen molar-refractivity contribution >= 4 is 33.3 Å². The van der Waals surface area contributed by atoms with Gasteiger partial charge in [0.1, 0.15) is 26.2 Å². The molecular weight excluding hydrogens is 394 g/mol. The van der Waals surface area contributed by atoms with Crippen LogP contribution in [0.3, 0.4) is 0 Å². The molecule has 5 rings (SSSR count). The Morgan fingerprint density at radius 1 is 1.13 bits per heavy atom. The summed E-state index contributed by atoms with van der Waals surface area (Å²) in [7, 11) is 0. The van der Waals surface area contributed by atoms with Crippen LogP contribution in [0.5, 0.6) is 0 Å². The van der Waals surface area contributed by atoms with E-state index < -0.39 is 0 Å². The number of fused-ring (bicyclic) bond motifs is 1. The summed E-state index contributed by atoms with van der Waals surface area (Å²) in [4.78, 5) is 27.1. The second-order valence-electron chi connectivity index (χ2n) is 8.36. The zero-order chi connectivity index (χ0) is 20.3. The number of piperidine rings is 1. The normalized spacial score (nSPS) is 20.6. The van der Waals surface area contributed by atoms with E-state index in [0.29, 0.717) is 18.4 Å². The van der Waals surface area contributed by atoms with Gasteiger partial charge < -0.3 is 9.80 Å². The highest BCUT2D eigenvalue weighted by Crippen LogP contribution is 2.32. The number of hydrogen-bond acceptors (Lipinski definition) is 4. The quantitative estimate of drug-likeness (QED) is 0.687. The molecule has 7 heteroatoms. The van der Waals surface area contributed by atoms with Crippen LogP contribution in [0.1, 0.15) is 23.8 Å². The monoisotopic (exact) mass is 423 g/mol. The first-order valence-electron chi connectivity index (χ1n) is 10.9. The van der Waals surface area contributed by atoms with Gasteiger partial charge in [0.05, 0.1) is 21.4 Å². The van der Waals surface area contributed by atoms with Crippen LogP contribution in [0.15, 0.2) is 48.7 Å². The summed E-state index contributed by atoms with van der Waals surface area (Å²) in [5.74, 6) is 1.84. The number of para-hydroxylation sites is 1. The Kier molecular flexibility index (Phi) is 5.64. The molecule has 156 valence electrons. The van der Waals surface area contributed by atoms with Crippen LogP contribution >= 0.6 is 11.3 Å². The minimum absolute atomic E-state index is 0.301. The summed E-state index contributed by atoms with van der Waals surface area (Å²) < 4.78 is 1.24. The minimum Gasteiger partial charge on any atom is -0.337 e. The number of benzene rings is 1. The second-order valence-corrected chi connectivity index (χ2v) is 9.42. The van der Waals surface area contributed by atoms with E-state index in [4.69, 9.17) is 4.98 Å². The molecule has 0 aliphatic carbocycles. The number of nitrogens with zero attached hydrogens (tertiary/aromatic N) is 3. The topological polar surface area (TPSA) is 55.0 Å². The van der Waals surface area contributed by atoms with Gasteiger partial charge in [-0.2, -0.15) is 0 Å². The number of hydrogen-bond donors (Lipinski definition) is 1. The lowest BCUT2D eigenvalue weighted by Crippen LogP contribution is -3.16. The number of quaternary nitrogens is 1. The molecule has 0 spiro atoms. The van der Waals surface area contributed by atoms with Crippen LogP contribution in [0, 0.1) is 0 Å². The maximum atomic E-state index is 13.0. The molecule has 2 saturated heterocycles. The molecule has 1 aromatic carbocycles. The fourth-order valence-electron chi connectivity index (χ4n) is 4.62. The third-order valence-corrected chi connectivity index (χ3v) is 7.54. The Morgan fingerprint density at radius 3 is 2.77 bits per heavy atom. The summed E-state index contributed by atoms with van der Waals surface area (Å²) in [5.41, 5.74) is 1.08. The number of anilines is 1. The summed E-state index contributed by atoms with van der Waals surface area (Å²) in [5, 5.41) is 1.19. The highest BCUT2D eigenvalue weighted by molar-refractivity contribution is 7.18. The highest BCUT2D eigenvalue weighted by Gasteiger charge is 2.31. The van der Waals surface area contributed by atoms with Gasteiger partial charge in [-0.15, -0.1) is 11.3 Å². The summed E-state index contributed by atoms with van der Waals surface area (Å²) in [6.07, 6.45) is 4.16. The van der Waals surface area contributed by atoms with E-state index in [-0.39, 0.29) is 0 Å². The summed E-state index contributed by atoms with van der Waals surface area (Å²) in [6.45, 7) is 6.29. The lowest BCUT2D eigenvalue weighted by Gasteiger charge is -2.34. The van der Waals surface area contributed by atoms with Crippen molar-refractivity contribution < 1.29 is 14.7 Å². The lowest BCUT2D eigenvalue weighted by atomic mass is 9.98. The van der Waals surface area contributed by atoms with Crippen molar-refractivity contribution in [2.24, 2.45) is 0 Å². The molecule has 2 N–H and O–H groups in total. The zero-order valence-electron chi connectivity index (χ0n) is 17.2. The number of nitrogens with one attached hydrogen (secondary N) is 2. The number of carbonyl (C=O) groups is 1. The van der Waals surface area contributed by atoms with Crippen molar-refractivity contribution in [1.82, 2.24) is 9.88 Å². The number of rotatable bonds is 4. The standard InChI is InChI=1S/C23H27N5OS/c29-22(17-26-12-14-27(15-13-26)21-9-3-4-10-24-21)28-11-5-6-18(16-28)23-25-19-7-1-2-8-20(19)30-23/h1-4,7-10,18H,5-6,11-17H2/p+2/t18-/m1/s1. The molecule has 30 heavy (non-hydrogen) atoms. The number of thiazole rings is 1. The molecule has 0 bridgehead atoms. The van der Waals surface area contributed by atoms with Crippen molar-refractivity contribution in [3.8, 4) is 0 Å². The van der Waals surface area contributed by atoms with Gasteiger partial charge in [-0.25, -0.2) is 9.97 Å². The molecule has 1 atom stereocenters. The average molecular weight is 424 g/mol. The molecule has 6 nitrogen and oxygen atoms in total. The van der Waals surface area contributed by atoms with Crippen molar-refractivity contribution in [3.63, 3.8) is 0 Å². The van der Waals surface area contributed by atoms with E-state index in [2.05, 4.69) is 45.1 Å². The third kappa shape index (κ3) is 4.18. The first kappa shape index (κ1) is 19.5. The predicted octanol–water partition coefficient (Wildman–Crippen LogP) is 1.22. The molecule has 2 fully saturated rings. The Labute approximate surface area is 181 Å². The van der Waals surface area contributed by atoms with E-state index in [1.807, 2.05) is 18.3 Å². The number of H-pyrrole nitrogens is 1. The Bertz CT molecular complexity index is 966. The molecule has 0 saturated carbocycles. The molecular formula is C23H29N5OS+2. The number of aromatic amines is 1. The molecule has 0 unspecified atom stereocenters. The van der Waals surface area contributed by atoms with E-state index >= 15 is 0 Å².